The summed E-state index contributed by atoms with van der Waals surface area (Å²) < 4.78 is 5.25. The molecule has 2 aromatic rings. The first kappa shape index (κ1) is 20.1. The molecule has 0 radical (unpaired) electrons. The van der Waals surface area contributed by atoms with Crippen molar-refractivity contribution in [3.8, 4) is 5.75 Å². The molecular weight excluding hydrogens is 354 g/mol. The number of allylic oxidation sites excluding steroid dienone is 1. The molecule has 2 heterocycles. The van der Waals surface area contributed by atoms with E-state index in [1.807, 2.05) is 31.2 Å². The molecule has 6 heteroatoms. The number of rotatable bonds is 2. The van der Waals surface area contributed by atoms with Gasteiger partial charge in [-0.25, -0.2) is 0 Å². The minimum atomic E-state index is -0.167. The number of nitrogens with one attached hydrogen (secondary N) is 2. The van der Waals surface area contributed by atoms with Gasteiger partial charge < -0.3 is 15.2 Å². The van der Waals surface area contributed by atoms with E-state index < -0.39 is 0 Å². The average molecular weight is 383 g/mol. The van der Waals surface area contributed by atoms with Gasteiger partial charge in [-0.05, 0) is 49.0 Å². The number of H-pyrrole nitrogens is 1. The Morgan fingerprint density at radius 1 is 1.25 bits per heavy atom. The van der Waals surface area contributed by atoms with Crippen LogP contribution in [0, 0.1) is 12.3 Å². The molecule has 0 amide bonds. The molecule has 0 spiro atoms. The first-order valence-electron chi connectivity index (χ1n) is 9.64. The number of aromatic amines is 1. The van der Waals surface area contributed by atoms with E-state index in [4.69, 9.17) is 9.84 Å². The smallest absolute Gasteiger partial charge is 0.162 e. The van der Waals surface area contributed by atoms with E-state index >= 15 is 0 Å². The SMILES string of the molecule is CCO.COc1ccc(C2Nc3n[nH]c(C)c3C3=C2C(=O)CC(C)(C)C3)cc1. The second kappa shape index (κ2) is 7.80. The van der Waals surface area contributed by atoms with Crippen molar-refractivity contribution in [2.24, 2.45) is 5.41 Å². The third-order valence-electron chi connectivity index (χ3n) is 5.19. The van der Waals surface area contributed by atoms with Gasteiger partial charge in [0.05, 0.1) is 13.2 Å². The quantitative estimate of drug-likeness (QED) is 0.729. The number of carbonyl (C=O) groups excluding carboxylic acids is 1. The van der Waals surface area contributed by atoms with Crippen LogP contribution in [0.2, 0.25) is 0 Å². The number of aromatic nitrogens is 2. The molecule has 0 bridgehead atoms. The van der Waals surface area contributed by atoms with E-state index in [-0.39, 0.29) is 23.8 Å². The molecule has 150 valence electrons. The summed E-state index contributed by atoms with van der Waals surface area (Å²) in [5.41, 5.74) is 5.13. The standard InChI is InChI=1S/C20H23N3O2.C2H6O/c1-11-16-14-9-20(2,3)10-15(24)17(14)18(21-19(16)23-22-11)12-5-7-13(25-4)8-6-12;1-2-3/h5-8,18H,9-10H2,1-4H3,(H2,21,22,23);3H,2H2,1H3. The summed E-state index contributed by atoms with van der Waals surface area (Å²) in [7, 11) is 1.65. The summed E-state index contributed by atoms with van der Waals surface area (Å²) in [4.78, 5) is 13.0. The minimum absolute atomic E-state index is 0.0291. The minimum Gasteiger partial charge on any atom is -0.497 e. The number of benzene rings is 1. The fourth-order valence-electron chi connectivity index (χ4n) is 4.05. The number of anilines is 1. The van der Waals surface area contributed by atoms with Crippen LogP contribution in [0.3, 0.4) is 0 Å². The molecule has 1 aliphatic carbocycles. The van der Waals surface area contributed by atoms with Crippen molar-refractivity contribution in [2.75, 3.05) is 19.0 Å². The van der Waals surface area contributed by atoms with Crippen LogP contribution in [0.1, 0.15) is 56.5 Å². The molecule has 1 aromatic heterocycles. The van der Waals surface area contributed by atoms with Gasteiger partial charge in [-0.1, -0.05) is 26.0 Å². The Labute approximate surface area is 166 Å². The van der Waals surface area contributed by atoms with Crippen LogP contribution in [0.25, 0.3) is 5.57 Å². The van der Waals surface area contributed by atoms with Crippen LogP contribution < -0.4 is 10.1 Å². The van der Waals surface area contributed by atoms with E-state index in [9.17, 15) is 4.79 Å². The van der Waals surface area contributed by atoms with Gasteiger partial charge in [0.2, 0.25) is 0 Å². The lowest BCUT2D eigenvalue weighted by Gasteiger charge is -2.38. The molecule has 1 unspecified atom stereocenters. The van der Waals surface area contributed by atoms with Crippen molar-refractivity contribution >= 4 is 17.2 Å². The number of Topliss-reactive ketones (excluding diaryl/α,β-unsaturated/α-hetero) is 1. The first-order chi connectivity index (χ1) is 13.3. The number of ether oxygens (including phenoxy) is 1. The van der Waals surface area contributed by atoms with Crippen LogP contribution in [-0.4, -0.2) is 34.8 Å². The highest BCUT2D eigenvalue weighted by Gasteiger charge is 2.41. The Bertz CT molecular complexity index is 894. The Morgan fingerprint density at radius 3 is 2.50 bits per heavy atom. The summed E-state index contributed by atoms with van der Waals surface area (Å²) in [6.45, 7) is 8.26. The van der Waals surface area contributed by atoms with Crippen molar-refractivity contribution in [1.29, 1.82) is 0 Å². The largest absolute Gasteiger partial charge is 0.497 e. The molecule has 28 heavy (non-hydrogen) atoms. The van der Waals surface area contributed by atoms with E-state index in [0.29, 0.717) is 6.42 Å². The number of aliphatic hydroxyl groups is 1. The number of aliphatic hydroxyl groups excluding tert-OH is 1. The zero-order valence-corrected chi connectivity index (χ0v) is 17.2. The molecule has 0 fully saturated rings. The van der Waals surface area contributed by atoms with Crippen molar-refractivity contribution in [3.05, 3.63) is 46.7 Å². The molecule has 4 rings (SSSR count). The number of carbonyl (C=O) groups is 1. The van der Waals surface area contributed by atoms with Crippen molar-refractivity contribution < 1.29 is 14.6 Å². The van der Waals surface area contributed by atoms with Gasteiger partial charge in [-0.15, -0.1) is 0 Å². The van der Waals surface area contributed by atoms with Gasteiger partial charge in [0, 0.05) is 29.9 Å². The number of aryl methyl sites for hydroxylation is 1. The predicted molar refractivity (Wildman–Crippen MR) is 110 cm³/mol. The molecule has 3 N–H and O–H groups in total. The van der Waals surface area contributed by atoms with Gasteiger partial charge >= 0.3 is 0 Å². The van der Waals surface area contributed by atoms with Gasteiger partial charge in [0.15, 0.2) is 11.6 Å². The Balaban J connectivity index is 0.000000706. The van der Waals surface area contributed by atoms with Crippen LogP contribution in [0.15, 0.2) is 29.8 Å². The lowest BCUT2D eigenvalue weighted by molar-refractivity contribution is -0.118. The summed E-state index contributed by atoms with van der Waals surface area (Å²) in [6, 6.07) is 7.72. The second-order valence-electron chi connectivity index (χ2n) is 8.07. The number of hydrogen-bond acceptors (Lipinski definition) is 5. The molecule has 2 aliphatic rings. The van der Waals surface area contributed by atoms with Gasteiger partial charge in [0.1, 0.15) is 5.75 Å². The summed E-state index contributed by atoms with van der Waals surface area (Å²) in [6.07, 6.45) is 1.46. The van der Waals surface area contributed by atoms with Crippen LogP contribution in [0.4, 0.5) is 5.82 Å². The summed E-state index contributed by atoms with van der Waals surface area (Å²) in [5.74, 6) is 1.87. The molecule has 1 aliphatic heterocycles. The first-order valence-corrected chi connectivity index (χ1v) is 9.64. The van der Waals surface area contributed by atoms with Gasteiger partial charge in [0.25, 0.3) is 0 Å². The fraction of sp³-hybridized carbons (Fsp3) is 0.455. The normalized spacial score (nSPS) is 19.8. The van der Waals surface area contributed by atoms with E-state index in [1.54, 1.807) is 14.0 Å². The predicted octanol–water partition coefficient (Wildman–Crippen LogP) is 4.03. The highest BCUT2D eigenvalue weighted by molar-refractivity contribution is 6.08. The number of nitrogens with zero attached hydrogens (tertiary/aromatic N) is 1. The summed E-state index contributed by atoms with van der Waals surface area (Å²) in [5, 5.41) is 18.5. The fourth-order valence-corrected chi connectivity index (χ4v) is 4.05. The number of ketones is 1. The topological polar surface area (TPSA) is 87.2 Å². The number of hydrogen-bond donors (Lipinski definition) is 3. The molecule has 0 saturated heterocycles. The zero-order chi connectivity index (χ0) is 20.5. The van der Waals surface area contributed by atoms with Crippen LogP contribution in [0.5, 0.6) is 5.75 Å². The van der Waals surface area contributed by atoms with Crippen molar-refractivity contribution in [1.82, 2.24) is 10.2 Å². The monoisotopic (exact) mass is 383 g/mol. The zero-order valence-electron chi connectivity index (χ0n) is 17.2. The average Bonchev–Trinajstić information content (AvgIpc) is 3.02. The highest BCUT2D eigenvalue weighted by Crippen LogP contribution is 2.50. The second-order valence-corrected chi connectivity index (χ2v) is 8.07. The van der Waals surface area contributed by atoms with Crippen LogP contribution >= 0.6 is 0 Å². The Hall–Kier alpha value is -2.60. The third kappa shape index (κ3) is 3.69. The maximum atomic E-state index is 13.0. The maximum absolute atomic E-state index is 13.0. The van der Waals surface area contributed by atoms with Crippen LogP contribution in [-0.2, 0) is 4.79 Å². The Kier molecular flexibility index (Phi) is 5.61. The van der Waals surface area contributed by atoms with Crippen molar-refractivity contribution in [3.63, 3.8) is 0 Å². The highest BCUT2D eigenvalue weighted by atomic mass is 16.5. The summed E-state index contributed by atoms with van der Waals surface area (Å²) >= 11 is 0. The maximum Gasteiger partial charge on any atom is 0.162 e. The number of methoxy groups -OCH3 is 1. The molecule has 6 nitrogen and oxygen atoms in total. The lowest BCUT2D eigenvalue weighted by atomic mass is 9.68. The van der Waals surface area contributed by atoms with E-state index in [2.05, 4.69) is 29.4 Å². The van der Waals surface area contributed by atoms with Crippen molar-refractivity contribution in [2.45, 2.75) is 46.6 Å². The van der Waals surface area contributed by atoms with Gasteiger partial charge in [-0.3, -0.25) is 9.89 Å². The third-order valence-corrected chi connectivity index (χ3v) is 5.19. The number of fused-ring (bicyclic) bond motifs is 2. The molecule has 1 aromatic carbocycles. The molecular formula is C22H29N3O3. The van der Waals surface area contributed by atoms with Gasteiger partial charge in [-0.2, -0.15) is 5.10 Å². The molecule has 0 saturated carbocycles. The Morgan fingerprint density at radius 2 is 1.89 bits per heavy atom. The van der Waals surface area contributed by atoms with E-state index in [0.717, 1.165) is 46.0 Å². The lowest BCUT2D eigenvalue weighted by Crippen LogP contribution is -2.33. The van der Waals surface area contributed by atoms with E-state index in [1.165, 1.54) is 0 Å². The molecule has 1 atom stereocenters.